The Balaban J connectivity index is 4.39. The van der Waals surface area contributed by atoms with E-state index in [1.54, 1.807) is 0 Å². The monoisotopic (exact) mass is 705 g/mol. The summed E-state index contributed by atoms with van der Waals surface area (Å²) in [6, 6.07) is 0. The molecule has 6 heteroatoms. The lowest BCUT2D eigenvalue weighted by molar-refractivity contribution is -0.167. The van der Waals surface area contributed by atoms with Crippen molar-refractivity contribution in [2.24, 2.45) is 0 Å². The van der Waals surface area contributed by atoms with E-state index in [-0.39, 0.29) is 31.1 Å². The van der Waals surface area contributed by atoms with Crippen LogP contribution in [0.15, 0.2) is 24.3 Å². The molecule has 0 saturated heterocycles. The van der Waals surface area contributed by atoms with E-state index in [1.807, 2.05) is 0 Å². The van der Waals surface area contributed by atoms with Gasteiger partial charge in [-0.05, 0) is 57.8 Å². The molecule has 292 valence electrons. The van der Waals surface area contributed by atoms with Crippen LogP contribution in [0, 0.1) is 0 Å². The summed E-state index contributed by atoms with van der Waals surface area (Å²) in [5, 5.41) is 0. The fourth-order valence-electron chi connectivity index (χ4n) is 5.90. The van der Waals surface area contributed by atoms with E-state index < -0.39 is 6.10 Å². The number of hydrogen-bond donors (Lipinski definition) is 0. The van der Waals surface area contributed by atoms with Crippen molar-refractivity contribution in [3.63, 3.8) is 0 Å². The van der Waals surface area contributed by atoms with Crippen LogP contribution in [-0.2, 0) is 28.6 Å². The maximum absolute atomic E-state index is 12.6. The molecule has 0 rings (SSSR count). The second-order valence-electron chi connectivity index (χ2n) is 14.3. The molecular weight excluding hydrogens is 624 g/mol. The van der Waals surface area contributed by atoms with Gasteiger partial charge in [0.05, 0.1) is 0 Å². The molecule has 0 aromatic heterocycles. The average Bonchev–Trinajstić information content (AvgIpc) is 3.11. The van der Waals surface area contributed by atoms with E-state index in [9.17, 15) is 14.4 Å². The summed E-state index contributed by atoms with van der Waals surface area (Å²) in [6.07, 6.45) is 41.7. The number of unbranched alkanes of at least 4 members (excludes halogenated alkanes) is 23. The minimum Gasteiger partial charge on any atom is -0.462 e. The third-order valence-electron chi connectivity index (χ3n) is 9.18. The fraction of sp³-hybridized carbons (Fsp3) is 0.841. The van der Waals surface area contributed by atoms with Gasteiger partial charge in [-0.15, -0.1) is 0 Å². The van der Waals surface area contributed by atoms with Crippen LogP contribution in [0.4, 0.5) is 0 Å². The van der Waals surface area contributed by atoms with Crippen LogP contribution in [0.25, 0.3) is 0 Å². The van der Waals surface area contributed by atoms with Gasteiger partial charge in [-0.3, -0.25) is 14.4 Å². The number of rotatable bonds is 38. The van der Waals surface area contributed by atoms with E-state index in [0.717, 1.165) is 70.6 Å². The molecule has 0 N–H and O–H groups in total. The molecule has 0 aliphatic rings. The van der Waals surface area contributed by atoms with Gasteiger partial charge in [-0.1, -0.05) is 167 Å². The SMILES string of the molecule is CCCC/C=C\CCCCCCCC(=O)OC(COC(=O)CCC/C=C\CCCCCC)COC(=O)CCCCCCCCCCCCCC. The lowest BCUT2D eigenvalue weighted by Gasteiger charge is -2.18. The maximum atomic E-state index is 12.6. The van der Waals surface area contributed by atoms with Gasteiger partial charge in [-0.25, -0.2) is 0 Å². The van der Waals surface area contributed by atoms with Gasteiger partial charge in [0.2, 0.25) is 0 Å². The van der Waals surface area contributed by atoms with Gasteiger partial charge in [0.25, 0.3) is 0 Å². The minimum atomic E-state index is -0.778. The number of carbonyl (C=O) groups excluding carboxylic acids is 3. The third-order valence-corrected chi connectivity index (χ3v) is 9.18. The highest BCUT2D eigenvalue weighted by molar-refractivity contribution is 5.71. The number of carbonyl (C=O) groups is 3. The molecule has 6 nitrogen and oxygen atoms in total. The summed E-state index contributed by atoms with van der Waals surface area (Å²) in [7, 11) is 0. The molecule has 0 radical (unpaired) electrons. The Morgan fingerprint density at radius 3 is 1.16 bits per heavy atom. The molecule has 0 spiro atoms. The highest BCUT2D eigenvalue weighted by Gasteiger charge is 2.19. The predicted octanol–water partition coefficient (Wildman–Crippen LogP) is 13.2. The van der Waals surface area contributed by atoms with E-state index in [0.29, 0.717) is 19.3 Å². The van der Waals surface area contributed by atoms with Gasteiger partial charge in [0.15, 0.2) is 6.10 Å². The summed E-state index contributed by atoms with van der Waals surface area (Å²) in [5.74, 6) is -0.928. The topological polar surface area (TPSA) is 78.9 Å². The van der Waals surface area contributed by atoms with Crippen LogP contribution in [0.5, 0.6) is 0 Å². The fourth-order valence-corrected chi connectivity index (χ4v) is 5.90. The van der Waals surface area contributed by atoms with Crippen molar-refractivity contribution in [2.45, 2.75) is 226 Å². The molecular formula is C44H80O6. The normalized spacial score (nSPS) is 12.1. The summed E-state index contributed by atoms with van der Waals surface area (Å²) >= 11 is 0. The summed E-state index contributed by atoms with van der Waals surface area (Å²) in [6.45, 7) is 6.52. The van der Waals surface area contributed by atoms with Crippen LogP contribution < -0.4 is 0 Å². The largest absolute Gasteiger partial charge is 0.462 e. The molecule has 0 amide bonds. The first-order valence-corrected chi connectivity index (χ1v) is 21.3. The van der Waals surface area contributed by atoms with E-state index in [2.05, 4.69) is 45.1 Å². The maximum Gasteiger partial charge on any atom is 0.306 e. The number of ether oxygens (including phenoxy) is 3. The zero-order valence-electron chi connectivity index (χ0n) is 33.2. The van der Waals surface area contributed by atoms with Gasteiger partial charge in [0, 0.05) is 19.3 Å². The van der Waals surface area contributed by atoms with Crippen molar-refractivity contribution >= 4 is 17.9 Å². The average molecular weight is 705 g/mol. The van der Waals surface area contributed by atoms with Crippen molar-refractivity contribution < 1.29 is 28.6 Å². The number of hydrogen-bond acceptors (Lipinski definition) is 6. The zero-order chi connectivity index (χ0) is 36.6. The highest BCUT2D eigenvalue weighted by Crippen LogP contribution is 2.14. The summed E-state index contributed by atoms with van der Waals surface area (Å²) in [5.41, 5.74) is 0. The Kier molecular flexibility index (Phi) is 38.0. The standard InChI is InChI=1S/C44H80O6/c1-4-7-10-13-16-19-21-23-25-28-31-34-37-43(46)49-40-41(39-48-42(45)36-33-30-27-24-18-15-12-9-6-3)50-44(47)38-35-32-29-26-22-20-17-14-11-8-5-2/h14,17,24,27,41H,4-13,15-16,18-23,25-26,28-40H2,1-3H3/b17-14-,27-24-. The first-order valence-electron chi connectivity index (χ1n) is 21.3. The second kappa shape index (κ2) is 39.7. The van der Waals surface area contributed by atoms with Crippen LogP contribution in [0.3, 0.4) is 0 Å². The van der Waals surface area contributed by atoms with Gasteiger partial charge in [-0.2, -0.15) is 0 Å². The Morgan fingerprint density at radius 1 is 0.380 bits per heavy atom. The summed E-state index contributed by atoms with van der Waals surface area (Å²) < 4.78 is 16.6. The number of esters is 3. The predicted molar refractivity (Wildman–Crippen MR) is 210 cm³/mol. The van der Waals surface area contributed by atoms with Crippen LogP contribution >= 0.6 is 0 Å². The lowest BCUT2D eigenvalue weighted by atomic mass is 10.0. The summed E-state index contributed by atoms with van der Waals surface area (Å²) in [4.78, 5) is 37.5. The van der Waals surface area contributed by atoms with Crippen molar-refractivity contribution in [1.82, 2.24) is 0 Å². The number of allylic oxidation sites excluding steroid dienone is 4. The van der Waals surface area contributed by atoms with Crippen LogP contribution in [0.1, 0.15) is 220 Å². The van der Waals surface area contributed by atoms with Crippen molar-refractivity contribution in [3.05, 3.63) is 24.3 Å². The van der Waals surface area contributed by atoms with E-state index in [1.165, 1.54) is 109 Å². The third kappa shape index (κ3) is 37.2. The second-order valence-corrected chi connectivity index (χ2v) is 14.3. The molecule has 1 atom stereocenters. The molecule has 0 aliphatic carbocycles. The molecule has 0 heterocycles. The zero-order valence-corrected chi connectivity index (χ0v) is 33.2. The van der Waals surface area contributed by atoms with Crippen LogP contribution in [0.2, 0.25) is 0 Å². The van der Waals surface area contributed by atoms with Gasteiger partial charge >= 0.3 is 17.9 Å². The molecule has 0 bridgehead atoms. The Hall–Kier alpha value is -2.11. The Bertz CT molecular complexity index is 819. The van der Waals surface area contributed by atoms with E-state index in [4.69, 9.17) is 14.2 Å². The minimum absolute atomic E-state index is 0.0807. The molecule has 50 heavy (non-hydrogen) atoms. The Morgan fingerprint density at radius 2 is 0.700 bits per heavy atom. The highest BCUT2D eigenvalue weighted by atomic mass is 16.6. The quantitative estimate of drug-likeness (QED) is 0.0275. The first-order chi connectivity index (χ1) is 24.5. The van der Waals surface area contributed by atoms with Gasteiger partial charge < -0.3 is 14.2 Å². The molecule has 0 saturated carbocycles. The molecule has 0 aromatic carbocycles. The lowest BCUT2D eigenvalue weighted by Crippen LogP contribution is -2.30. The van der Waals surface area contributed by atoms with Crippen LogP contribution in [-0.4, -0.2) is 37.2 Å². The molecule has 1 unspecified atom stereocenters. The van der Waals surface area contributed by atoms with Crippen molar-refractivity contribution in [2.75, 3.05) is 13.2 Å². The molecule has 0 aliphatic heterocycles. The molecule has 0 aromatic rings. The Labute approximate surface area is 309 Å². The first kappa shape index (κ1) is 47.9. The van der Waals surface area contributed by atoms with Crippen molar-refractivity contribution in [1.29, 1.82) is 0 Å². The van der Waals surface area contributed by atoms with Crippen molar-refractivity contribution in [3.8, 4) is 0 Å². The van der Waals surface area contributed by atoms with Gasteiger partial charge in [0.1, 0.15) is 13.2 Å². The van der Waals surface area contributed by atoms with E-state index >= 15 is 0 Å². The smallest absolute Gasteiger partial charge is 0.306 e. The molecule has 0 fully saturated rings.